The first-order valence-electron chi connectivity index (χ1n) is 11.6. The number of amides is 1. The molecular formula is C25H36N4O3S. The van der Waals surface area contributed by atoms with Crippen molar-refractivity contribution in [3.05, 3.63) is 57.5 Å². The first-order chi connectivity index (χ1) is 15.6. The fourth-order valence-electron chi connectivity index (χ4n) is 4.10. The number of aromatic amines is 1. The highest BCUT2D eigenvalue weighted by atomic mass is 32.2. The molecular weight excluding hydrogens is 436 g/mol. The van der Waals surface area contributed by atoms with Crippen molar-refractivity contribution in [2.75, 3.05) is 19.6 Å². The Morgan fingerprint density at radius 2 is 1.91 bits per heavy atom. The molecule has 1 aromatic heterocycles. The summed E-state index contributed by atoms with van der Waals surface area (Å²) in [6.45, 7) is 12.5. The molecule has 0 saturated carbocycles. The Morgan fingerprint density at radius 1 is 1.24 bits per heavy atom. The van der Waals surface area contributed by atoms with Gasteiger partial charge in [-0.25, -0.2) is 4.98 Å². The van der Waals surface area contributed by atoms with E-state index in [4.69, 9.17) is 4.74 Å². The molecule has 180 valence electrons. The minimum absolute atomic E-state index is 0.0567. The van der Waals surface area contributed by atoms with E-state index in [1.807, 2.05) is 37.3 Å². The van der Waals surface area contributed by atoms with Gasteiger partial charge in [0.15, 0.2) is 5.16 Å². The first kappa shape index (κ1) is 25.5. The Balaban J connectivity index is 1.50. The molecule has 0 aliphatic carbocycles. The summed E-state index contributed by atoms with van der Waals surface area (Å²) in [5.41, 5.74) is 2.09. The zero-order chi connectivity index (χ0) is 24.0. The van der Waals surface area contributed by atoms with Crippen molar-refractivity contribution in [3.63, 3.8) is 0 Å². The summed E-state index contributed by atoms with van der Waals surface area (Å²) in [7, 11) is 0. The third-order valence-electron chi connectivity index (χ3n) is 6.01. The first-order valence-corrected chi connectivity index (χ1v) is 12.6. The number of aromatic nitrogens is 2. The van der Waals surface area contributed by atoms with Crippen LogP contribution < -0.4 is 10.9 Å². The van der Waals surface area contributed by atoms with Gasteiger partial charge in [-0.2, -0.15) is 0 Å². The van der Waals surface area contributed by atoms with Crippen LogP contribution in [0.25, 0.3) is 0 Å². The van der Waals surface area contributed by atoms with Gasteiger partial charge < -0.3 is 15.0 Å². The van der Waals surface area contributed by atoms with E-state index in [9.17, 15) is 9.59 Å². The summed E-state index contributed by atoms with van der Waals surface area (Å²) in [6.07, 6.45) is 0.989. The van der Waals surface area contributed by atoms with Crippen LogP contribution in [0.2, 0.25) is 0 Å². The van der Waals surface area contributed by atoms with Gasteiger partial charge in [-0.05, 0) is 46.6 Å². The highest BCUT2D eigenvalue weighted by Gasteiger charge is 2.33. The number of nitrogens with zero attached hydrogens (tertiary/aromatic N) is 2. The van der Waals surface area contributed by atoms with E-state index in [2.05, 4.69) is 47.9 Å². The molecule has 1 aliphatic heterocycles. The Labute approximate surface area is 200 Å². The number of benzene rings is 1. The van der Waals surface area contributed by atoms with Crippen molar-refractivity contribution in [2.24, 2.45) is 0 Å². The van der Waals surface area contributed by atoms with Gasteiger partial charge in [0, 0.05) is 48.6 Å². The lowest BCUT2D eigenvalue weighted by atomic mass is 10.00. The van der Waals surface area contributed by atoms with Gasteiger partial charge in [-0.1, -0.05) is 42.1 Å². The van der Waals surface area contributed by atoms with E-state index in [0.717, 1.165) is 18.8 Å². The summed E-state index contributed by atoms with van der Waals surface area (Å²) in [5, 5.41) is 3.65. The molecule has 2 N–H and O–H groups in total. The summed E-state index contributed by atoms with van der Waals surface area (Å²) >= 11 is 1.50. The van der Waals surface area contributed by atoms with E-state index in [0.29, 0.717) is 29.4 Å². The second kappa shape index (κ2) is 11.3. The number of carbonyl (C=O) groups excluding carboxylic acids is 1. The third-order valence-corrected chi connectivity index (χ3v) is 6.96. The standard InChI is InChI=1S/C25H36N4O3S/c1-17-13-29(14-18(2)32-17)25(4,5)16-26-22(30)12-11-21-19(3)27-24(28-23(21)31)33-15-20-9-7-6-8-10-20/h6-10,17-18H,11-16H2,1-5H3,(H,26,30)(H,27,28,31). The van der Waals surface area contributed by atoms with Crippen molar-refractivity contribution in [2.45, 2.75) is 76.1 Å². The van der Waals surface area contributed by atoms with E-state index >= 15 is 0 Å². The van der Waals surface area contributed by atoms with Crippen molar-refractivity contribution in [3.8, 4) is 0 Å². The highest BCUT2D eigenvalue weighted by Crippen LogP contribution is 2.21. The zero-order valence-electron chi connectivity index (χ0n) is 20.3. The van der Waals surface area contributed by atoms with Crippen molar-refractivity contribution < 1.29 is 9.53 Å². The highest BCUT2D eigenvalue weighted by molar-refractivity contribution is 7.98. The maximum absolute atomic E-state index is 12.6. The Bertz CT molecular complexity index is 983. The summed E-state index contributed by atoms with van der Waals surface area (Å²) in [4.78, 5) is 34.9. The molecule has 33 heavy (non-hydrogen) atoms. The van der Waals surface area contributed by atoms with Gasteiger partial charge in [0.05, 0.1) is 12.2 Å². The number of aryl methyl sites for hydroxylation is 1. The van der Waals surface area contributed by atoms with Crippen molar-refractivity contribution in [1.29, 1.82) is 0 Å². The molecule has 7 nitrogen and oxygen atoms in total. The molecule has 2 aromatic rings. The number of H-pyrrole nitrogens is 1. The van der Waals surface area contributed by atoms with Crippen LogP contribution in [0.3, 0.4) is 0 Å². The smallest absolute Gasteiger partial charge is 0.254 e. The molecule has 0 bridgehead atoms. The quantitative estimate of drug-likeness (QED) is 0.430. The summed E-state index contributed by atoms with van der Waals surface area (Å²) < 4.78 is 5.82. The predicted molar refractivity (Wildman–Crippen MR) is 133 cm³/mol. The van der Waals surface area contributed by atoms with Crippen molar-refractivity contribution >= 4 is 17.7 Å². The fraction of sp³-hybridized carbons (Fsp3) is 0.560. The van der Waals surface area contributed by atoms with Crippen LogP contribution in [0, 0.1) is 6.92 Å². The number of nitrogens with one attached hydrogen (secondary N) is 2. The number of rotatable bonds is 9. The van der Waals surface area contributed by atoms with Crippen LogP contribution in [0.1, 0.15) is 50.9 Å². The average molecular weight is 473 g/mol. The molecule has 2 unspecified atom stereocenters. The molecule has 0 spiro atoms. The van der Waals surface area contributed by atoms with Gasteiger partial charge in [-0.15, -0.1) is 0 Å². The Morgan fingerprint density at radius 3 is 2.55 bits per heavy atom. The summed E-state index contributed by atoms with van der Waals surface area (Å²) in [5.74, 6) is 0.681. The lowest BCUT2D eigenvalue weighted by Crippen LogP contribution is -2.58. The van der Waals surface area contributed by atoms with Gasteiger partial charge in [-0.3, -0.25) is 14.5 Å². The second-order valence-corrected chi connectivity index (χ2v) is 10.4. The lowest BCUT2D eigenvalue weighted by Gasteiger charge is -2.45. The Kier molecular flexibility index (Phi) is 8.73. The van der Waals surface area contributed by atoms with E-state index < -0.39 is 0 Å². The molecule has 1 saturated heterocycles. The summed E-state index contributed by atoms with van der Waals surface area (Å²) in [6, 6.07) is 10.1. The number of morpholine rings is 1. The minimum Gasteiger partial charge on any atom is -0.373 e. The molecule has 1 aromatic carbocycles. The lowest BCUT2D eigenvalue weighted by molar-refractivity contribution is -0.122. The van der Waals surface area contributed by atoms with Crippen LogP contribution >= 0.6 is 11.8 Å². The molecule has 0 radical (unpaired) electrons. The van der Waals surface area contributed by atoms with Gasteiger partial charge >= 0.3 is 0 Å². The number of thioether (sulfide) groups is 1. The maximum Gasteiger partial charge on any atom is 0.254 e. The largest absolute Gasteiger partial charge is 0.373 e. The number of carbonyl (C=O) groups is 1. The Hall–Kier alpha value is -2.16. The van der Waals surface area contributed by atoms with Crippen LogP contribution in [-0.4, -0.2) is 58.2 Å². The monoisotopic (exact) mass is 472 g/mol. The number of ether oxygens (including phenoxy) is 1. The average Bonchev–Trinajstić information content (AvgIpc) is 2.76. The molecule has 2 atom stereocenters. The van der Waals surface area contributed by atoms with Gasteiger partial charge in [0.25, 0.3) is 5.56 Å². The third kappa shape index (κ3) is 7.42. The molecule has 2 heterocycles. The van der Waals surface area contributed by atoms with Gasteiger partial charge in [0.1, 0.15) is 0 Å². The van der Waals surface area contributed by atoms with Crippen LogP contribution in [-0.2, 0) is 21.7 Å². The fourth-order valence-corrected chi connectivity index (χ4v) is 4.96. The molecule has 3 rings (SSSR count). The van der Waals surface area contributed by atoms with E-state index in [1.54, 1.807) is 0 Å². The normalized spacial score (nSPS) is 19.4. The predicted octanol–water partition coefficient (Wildman–Crippen LogP) is 3.31. The van der Waals surface area contributed by atoms with Gasteiger partial charge in [0.2, 0.25) is 5.91 Å². The molecule has 1 fully saturated rings. The van der Waals surface area contributed by atoms with Crippen LogP contribution in [0.15, 0.2) is 40.3 Å². The maximum atomic E-state index is 12.6. The topological polar surface area (TPSA) is 87.3 Å². The zero-order valence-corrected chi connectivity index (χ0v) is 21.1. The van der Waals surface area contributed by atoms with E-state index in [-0.39, 0.29) is 35.6 Å². The molecule has 1 aliphatic rings. The SMILES string of the molecule is Cc1nc(SCc2ccccc2)[nH]c(=O)c1CCC(=O)NCC(C)(C)N1CC(C)OC(C)C1. The second-order valence-electron chi connectivity index (χ2n) is 9.46. The number of hydrogen-bond acceptors (Lipinski definition) is 6. The molecule has 1 amide bonds. The molecule has 8 heteroatoms. The van der Waals surface area contributed by atoms with Crippen molar-refractivity contribution in [1.82, 2.24) is 20.2 Å². The number of hydrogen-bond donors (Lipinski definition) is 2. The van der Waals surface area contributed by atoms with Crippen LogP contribution in [0.5, 0.6) is 0 Å². The minimum atomic E-state index is -0.172. The van der Waals surface area contributed by atoms with Crippen LogP contribution in [0.4, 0.5) is 0 Å². The van der Waals surface area contributed by atoms with E-state index in [1.165, 1.54) is 17.3 Å².